The van der Waals surface area contributed by atoms with Gasteiger partial charge in [-0.2, -0.15) is 0 Å². The highest BCUT2D eigenvalue weighted by Gasteiger charge is 2.28. The van der Waals surface area contributed by atoms with Crippen molar-refractivity contribution in [2.24, 2.45) is 11.7 Å². The summed E-state index contributed by atoms with van der Waals surface area (Å²) in [7, 11) is 1.72. The molecule has 1 unspecified atom stereocenters. The van der Waals surface area contributed by atoms with E-state index in [-0.39, 0.29) is 18.5 Å². The van der Waals surface area contributed by atoms with Gasteiger partial charge in [0.15, 0.2) is 0 Å². The van der Waals surface area contributed by atoms with Crippen molar-refractivity contribution in [2.75, 3.05) is 33.2 Å². The second-order valence-corrected chi connectivity index (χ2v) is 6.06. The molecule has 0 spiro atoms. The fourth-order valence-corrected chi connectivity index (χ4v) is 2.14. The highest BCUT2D eigenvalue weighted by Crippen LogP contribution is 2.18. The number of likely N-dealkylation sites (tertiary alicyclic amines) is 1. The van der Waals surface area contributed by atoms with E-state index in [0.29, 0.717) is 19.0 Å². The molecular weight excluding hydrogens is 246 g/mol. The van der Waals surface area contributed by atoms with E-state index in [4.69, 9.17) is 10.5 Å². The summed E-state index contributed by atoms with van der Waals surface area (Å²) in [4.78, 5) is 26.6. The van der Waals surface area contributed by atoms with Crippen molar-refractivity contribution in [3.8, 4) is 0 Å². The van der Waals surface area contributed by atoms with Crippen LogP contribution in [0.2, 0.25) is 0 Å². The van der Waals surface area contributed by atoms with Gasteiger partial charge in [-0.3, -0.25) is 4.79 Å². The zero-order chi connectivity index (χ0) is 14.6. The van der Waals surface area contributed by atoms with Gasteiger partial charge in [-0.15, -0.1) is 0 Å². The molecule has 1 aliphatic rings. The number of amides is 2. The monoisotopic (exact) mass is 271 g/mol. The lowest BCUT2D eigenvalue weighted by Gasteiger charge is -2.26. The first-order valence-corrected chi connectivity index (χ1v) is 6.65. The molecule has 110 valence electrons. The highest BCUT2D eigenvalue weighted by molar-refractivity contribution is 5.78. The molecule has 1 saturated heterocycles. The first kappa shape index (κ1) is 15.8. The maximum atomic E-state index is 11.8. The number of hydrogen-bond acceptors (Lipinski definition) is 4. The second-order valence-electron chi connectivity index (χ2n) is 6.06. The number of carbonyl (C=O) groups is 2. The largest absolute Gasteiger partial charge is 0.444 e. The van der Waals surface area contributed by atoms with Gasteiger partial charge in [0.05, 0.1) is 6.54 Å². The molecule has 2 N–H and O–H groups in total. The van der Waals surface area contributed by atoms with Gasteiger partial charge in [0.1, 0.15) is 5.60 Å². The van der Waals surface area contributed by atoms with Gasteiger partial charge in [-0.25, -0.2) is 4.79 Å². The lowest BCUT2D eigenvalue weighted by atomic mass is 10.1. The highest BCUT2D eigenvalue weighted by atomic mass is 16.6. The number of nitrogens with zero attached hydrogens (tertiary/aromatic N) is 2. The SMILES string of the molecule is CN(CC1CCN(C(=O)CN)C1)C(=O)OC(C)(C)C. The van der Waals surface area contributed by atoms with Crippen molar-refractivity contribution in [3.63, 3.8) is 0 Å². The summed E-state index contributed by atoms with van der Waals surface area (Å²) in [5.41, 5.74) is 4.86. The Labute approximate surface area is 114 Å². The van der Waals surface area contributed by atoms with Crippen LogP contribution in [0.1, 0.15) is 27.2 Å². The molecule has 6 heteroatoms. The molecule has 6 nitrogen and oxygen atoms in total. The van der Waals surface area contributed by atoms with Gasteiger partial charge in [0, 0.05) is 26.7 Å². The van der Waals surface area contributed by atoms with E-state index in [1.165, 1.54) is 0 Å². The Morgan fingerprint density at radius 1 is 1.42 bits per heavy atom. The first-order valence-electron chi connectivity index (χ1n) is 6.65. The van der Waals surface area contributed by atoms with Crippen LogP contribution in [0.15, 0.2) is 0 Å². The summed E-state index contributed by atoms with van der Waals surface area (Å²) >= 11 is 0. The molecule has 1 atom stereocenters. The Hall–Kier alpha value is -1.30. The summed E-state index contributed by atoms with van der Waals surface area (Å²) in [5.74, 6) is 0.274. The maximum absolute atomic E-state index is 11.8. The molecule has 1 fully saturated rings. The Bertz CT molecular complexity index is 339. The normalized spacial score (nSPS) is 19.4. The van der Waals surface area contributed by atoms with Gasteiger partial charge < -0.3 is 20.3 Å². The van der Waals surface area contributed by atoms with Crippen molar-refractivity contribution in [1.29, 1.82) is 0 Å². The van der Waals surface area contributed by atoms with Crippen LogP contribution < -0.4 is 5.73 Å². The Morgan fingerprint density at radius 2 is 2.05 bits per heavy atom. The summed E-state index contributed by atoms with van der Waals surface area (Å²) in [6, 6.07) is 0. The van der Waals surface area contributed by atoms with E-state index >= 15 is 0 Å². The zero-order valence-electron chi connectivity index (χ0n) is 12.3. The van der Waals surface area contributed by atoms with Crippen molar-refractivity contribution < 1.29 is 14.3 Å². The van der Waals surface area contributed by atoms with Gasteiger partial charge >= 0.3 is 6.09 Å². The van der Waals surface area contributed by atoms with Crippen LogP contribution in [0.5, 0.6) is 0 Å². The molecule has 19 heavy (non-hydrogen) atoms. The number of rotatable bonds is 3. The summed E-state index contributed by atoms with van der Waals surface area (Å²) in [6.07, 6.45) is 0.579. The Kier molecular flexibility index (Phi) is 5.17. The third kappa shape index (κ3) is 5.06. The molecule has 0 aliphatic carbocycles. The lowest BCUT2D eigenvalue weighted by Crippen LogP contribution is -2.38. The van der Waals surface area contributed by atoms with Crippen molar-refractivity contribution in [1.82, 2.24) is 9.80 Å². The first-order chi connectivity index (χ1) is 8.73. The summed E-state index contributed by atoms with van der Waals surface area (Å²) < 4.78 is 5.29. The molecule has 1 heterocycles. The van der Waals surface area contributed by atoms with E-state index in [9.17, 15) is 9.59 Å². The second kappa shape index (κ2) is 6.23. The molecular formula is C13H25N3O3. The van der Waals surface area contributed by atoms with E-state index in [0.717, 1.165) is 13.0 Å². The average Bonchev–Trinajstić information content (AvgIpc) is 2.74. The van der Waals surface area contributed by atoms with Crippen LogP contribution in [0, 0.1) is 5.92 Å². The van der Waals surface area contributed by atoms with Gasteiger partial charge in [0.2, 0.25) is 5.91 Å². The molecule has 0 aromatic carbocycles. The summed E-state index contributed by atoms with van der Waals surface area (Å²) in [5, 5.41) is 0. The molecule has 0 saturated carbocycles. The van der Waals surface area contributed by atoms with Crippen LogP contribution in [-0.2, 0) is 9.53 Å². The molecule has 0 bridgehead atoms. The molecule has 0 aromatic rings. The molecule has 1 rings (SSSR count). The molecule has 0 radical (unpaired) electrons. The summed E-state index contributed by atoms with van der Waals surface area (Å²) in [6.45, 7) is 7.58. The maximum Gasteiger partial charge on any atom is 0.410 e. The van der Waals surface area contributed by atoms with E-state index in [1.807, 2.05) is 20.8 Å². The molecule has 2 amide bonds. The Balaban J connectivity index is 2.40. The van der Waals surface area contributed by atoms with Crippen LogP contribution in [0.4, 0.5) is 4.79 Å². The quantitative estimate of drug-likeness (QED) is 0.818. The van der Waals surface area contributed by atoms with Gasteiger partial charge in [-0.1, -0.05) is 0 Å². The van der Waals surface area contributed by atoms with Crippen LogP contribution in [0.3, 0.4) is 0 Å². The number of carbonyl (C=O) groups excluding carboxylic acids is 2. The molecule has 0 aromatic heterocycles. The van der Waals surface area contributed by atoms with Crippen molar-refractivity contribution in [2.45, 2.75) is 32.8 Å². The third-order valence-corrected chi connectivity index (χ3v) is 3.05. The minimum Gasteiger partial charge on any atom is -0.444 e. The number of ether oxygens (including phenoxy) is 1. The minimum atomic E-state index is -0.484. The molecule has 1 aliphatic heterocycles. The van der Waals surface area contributed by atoms with Crippen molar-refractivity contribution >= 4 is 12.0 Å². The predicted molar refractivity (Wildman–Crippen MR) is 72.6 cm³/mol. The fraction of sp³-hybridized carbons (Fsp3) is 0.846. The topological polar surface area (TPSA) is 75.9 Å². The van der Waals surface area contributed by atoms with E-state index < -0.39 is 5.60 Å². The lowest BCUT2D eigenvalue weighted by molar-refractivity contribution is -0.128. The third-order valence-electron chi connectivity index (χ3n) is 3.05. The fourth-order valence-electron chi connectivity index (χ4n) is 2.14. The van der Waals surface area contributed by atoms with E-state index in [2.05, 4.69) is 0 Å². The van der Waals surface area contributed by atoms with Gasteiger partial charge in [-0.05, 0) is 33.1 Å². The van der Waals surface area contributed by atoms with Crippen molar-refractivity contribution in [3.05, 3.63) is 0 Å². The van der Waals surface area contributed by atoms with Crippen LogP contribution >= 0.6 is 0 Å². The minimum absolute atomic E-state index is 0.0255. The number of nitrogens with two attached hydrogens (primary N) is 1. The Morgan fingerprint density at radius 3 is 2.58 bits per heavy atom. The van der Waals surface area contributed by atoms with Crippen LogP contribution in [0.25, 0.3) is 0 Å². The van der Waals surface area contributed by atoms with Crippen LogP contribution in [-0.4, -0.2) is 60.6 Å². The van der Waals surface area contributed by atoms with E-state index in [1.54, 1.807) is 16.8 Å². The standard InChI is InChI=1S/C13H25N3O3/c1-13(2,3)19-12(18)15(4)8-10-5-6-16(9-10)11(17)7-14/h10H,5-9,14H2,1-4H3. The predicted octanol–water partition coefficient (Wildman–Crippen LogP) is 0.661. The smallest absolute Gasteiger partial charge is 0.410 e. The average molecular weight is 271 g/mol. The number of hydrogen-bond donors (Lipinski definition) is 1. The zero-order valence-corrected chi connectivity index (χ0v) is 12.3. The van der Waals surface area contributed by atoms with Gasteiger partial charge in [0.25, 0.3) is 0 Å².